The zero-order chi connectivity index (χ0) is 20.4. The fourth-order valence-electron chi connectivity index (χ4n) is 3.75. The van der Waals surface area contributed by atoms with Gasteiger partial charge in [0.1, 0.15) is 12.3 Å². The molecule has 0 aliphatic carbocycles. The number of aryl methyl sites for hydroxylation is 1. The van der Waals surface area contributed by atoms with Crippen LogP contribution in [-0.2, 0) is 16.1 Å². The molecule has 2 heterocycles. The van der Waals surface area contributed by atoms with Gasteiger partial charge in [0, 0.05) is 17.8 Å². The third-order valence-electron chi connectivity index (χ3n) is 5.23. The first-order valence-corrected chi connectivity index (χ1v) is 9.97. The number of ether oxygens (including phenoxy) is 1. The number of carbonyl (C=O) groups excluding carboxylic acids is 2. The van der Waals surface area contributed by atoms with E-state index in [1.54, 1.807) is 11.0 Å². The number of carbonyl (C=O) groups is 2. The standard InChI is InChI=1S/C23H25N3O3/c1-3-12-24-23(28)21-14-26(19-10-6-7-11-20(19)29-21)22(27)15-25-16(2)13-17-8-4-5-9-18(17)25/h4-11,13,21H,3,12,14-15H2,1-2H3,(H,24,28)/t21-/m0/s1. The fraction of sp³-hybridized carbons (Fsp3) is 0.304. The highest BCUT2D eigenvalue weighted by atomic mass is 16.5. The lowest BCUT2D eigenvalue weighted by Gasteiger charge is -2.34. The number of rotatable bonds is 5. The van der Waals surface area contributed by atoms with E-state index in [1.807, 2.05) is 60.9 Å². The maximum atomic E-state index is 13.3. The quantitative estimate of drug-likeness (QED) is 0.726. The molecular formula is C23H25N3O3. The van der Waals surface area contributed by atoms with Crippen LogP contribution in [-0.4, -0.2) is 35.6 Å². The van der Waals surface area contributed by atoms with Crippen LogP contribution in [0, 0.1) is 6.92 Å². The monoisotopic (exact) mass is 391 g/mol. The molecule has 29 heavy (non-hydrogen) atoms. The van der Waals surface area contributed by atoms with E-state index in [4.69, 9.17) is 4.74 Å². The Morgan fingerprint density at radius 2 is 1.90 bits per heavy atom. The second-order valence-electron chi connectivity index (χ2n) is 7.30. The van der Waals surface area contributed by atoms with Crippen LogP contribution >= 0.6 is 0 Å². The number of benzene rings is 2. The first-order chi connectivity index (χ1) is 14.1. The lowest BCUT2D eigenvalue weighted by molar-refractivity contribution is -0.128. The van der Waals surface area contributed by atoms with Crippen molar-refractivity contribution in [1.29, 1.82) is 0 Å². The molecule has 2 aromatic carbocycles. The first kappa shape index (κ1) is 19.1. The third-order valence-corrected chi connectivity index (χ3v) is 5.23. The van der Waals surface area contributed by atoms with Crippen LogP contribution in [0.3, 0.4) is 0 Å². The molecule has 0 bridgehead atoms. The Morgan fingerprint density at radius 1 is 1.14 bits per heavy atom. The Kier molecular flexibility index (Phi) is 5.25. The molecule has 0 fully saturated rings. The highest BCUT2D eigenvalue weighted by Crippen LogP contribution is 2.33. The van der Waals surface area contributed by atoms with Crippen LogP contribution in [0.25, 0.3) is 10.9 Å². The number of aromatic nitrogens is 1. The second kappa shape index (κ2) is 7.99. The van der Waals surface area contributed by atoms with Crippen LogP contribution in [0.15, 0.2) is 54.6 Å². The van der Waals surface area contributed by atoms with Crippen molar-refractivity contribution in [2.24, 2.45) is 0 Å². The summed E-state index contributed by atoms with van der Waals surface area (Å²) in [5, 5.41) is 3.97. The summed E-state index contributed by atoms with van der Waals surface area (Å²) in [4.78, 5) is 27.5. The number of nitrogens with one attached hydrogen (secondary N) is 1. The molecule has 0 spiro atoms. The molecule has 6 nitrogen and oxygen atoms in total. The van der Waals surface area contributed by atoms with Gasteiger partial charge in [-0.05, 0) is 43.0 Å². The molecule has 2 amide bonds. The average molecular weight is 391 g/mol. The van der Waals surface area contributed by atoms with Crippen molar-refractivity contribution in [3.63, 3.8) is 0 Å². The van der Waals surface area contributed by atoms with Crippen LogP contribution in [0.2, 0.25) is 0 Å². The summed E-state index contributed by atoms with van der Waals surface area (Å²) in [7, 11) is 0. The zero-order valence-corrected chi connectivity index (χ0v) is 16.7. The molecule has 0 saturated heterocycles. The molecule has 0 radical (unpaired) electrons. The van der Waals surface area contributed by atoms with E-state index in [0.29, 0.717) is 18.0 Å². The number of hydrogen-bond donors (Lipinski definition) is 1. The minimum atomic E-state index is -0.720. The Morgan fingerprint density at radius 3 is 2.72 bits per heavy atom. The Labute approximate surface area is 170 Å². The van der Waals surface area contributed by atoms with Crippen LogP contribution in [0.4, 0.5) is 5.69 Å². The SMILES string of the molecule is CCCNC(=O)[C@@H]1CN(C(=O)Cn2c(C)cc3ccccc32)c2ccccc2O1. The second-order valence-corrected chi connectivity index (χ2v) is 7.30. The summed E-state index contributed by atoms with van der Waals surface area (Å²) in [5.74, 6) is 0.290. The van der Waals surface area contributed by atoms with Gasteiger partial charge in [0.05, 0.1) is 12.2 Å². The molecular weight excluding hydrogens is 366 g/mol. The molecule has 1 aromatic heterocycles. The van der Waals surface area contributed by atoms with Crippen LogP contribution < -0.4 is 15.0 Å². The molecule has 1 N–H and O–H groups in total. The number of nitrogens with zero attached hydrogens (tertiary/aromatic N) is 2. The molecule has 6 heteroatoms. The van der Waals surface area contributed by atoms with Gasteiger partial charge in [-0.3, -0.25) is 9.59 Å². The Bertz CT molecular complexity index is 1060. The molecule has 1 aliphatic rings. The highest BCUT2D eigenvalue weighted by Gasteiger charge is 2.33. The summed E-state index contributed by atoms with van der Waals surface area (Å²) >= 11 is 0. The van der Waals surface area contributed by atoms with Crippen molar-refractivity contribution in [3.05, 3.63) is 60.3 Å². The molecule has 0 saturated carbocycles. The summed E-state index contributed by atoms with van der Waals surface area (Å²) < 4.78 is 7.90. The van der Waals surface area contributed by atoms with Gasteiger partial charge in [-0.1, -0.05) is 37.3 Å². The van der Waals surface area contributed by atoms with E-state index in [9.17, 15) is 9.59 Å². The number of para-hydroxylation sites is 3. The van der Waals surface area contributed by atoms with E-state index in [0.717, 1.165) is 23.0 Å². The van der Waals surface area contributed by atoms with E-state index < -0.39 is 6.10 Å². The van der Waals surface area contributed by atoms with Crippen molar-refractivity contribution in [2.45, 2.75) is 32.9 Å². The number of anilines is 1. The molecule has 0 unspecified atom stereocenters. The fourth-order valence-corrected chi connectivity index (χ4v) is 3.75. The lowest BCUT2D eigenvalue weighted by Crippen LogP contribution is -2.51. The number of fused-ring (bicyclic) bond motifs is 2. The first-order valence-electron chi connectivity index (χ1n) is 9.97. The Balaban J connectivity index is 1.62. The van der Waals surface area contributed by atoms with Gasteiger partial charge < -0.3 is 19.5 Å². The van der Waals surface area contributed by atoms with Gasteiger partial charge >= 0.3 is 0 Å². The van der Waals surface area contributed by atoms with Gasteiger partial charge in [-0.15, -0.1) is 0 Å². The van der Waals surface area contributed by atoms with E-state index in [2.05, 4.69) is 11.4 Å². The summed E-state index contributed by atoms with van der Waals surface area (Å²) in [6.07, 6.45) is 0.125. The largest absolute Gasteiger partial charge is 0.477 e. The molecule has 3 aromatic rings. The summed E-state index contributed by atoms with van der Waals surface area (Å²) in [5.41, 5.74) is 2.75. The average Bonchev–Trinajstić information content (AvgIpc) is 3.06. The zero-order valence-electron chi connectivity index (χ0n) is 16.7. The summed E-state index contributed by atoms with van der Waals surface area (Å²) in [6.45, 7) is 4.99. The minimum absolute atomic E-state index is 0.0708. The Hall–Kier alpha value is -3.28. The predicted octanol–water partition coefficient (Wildman–Crippen LogP) is 3.27. The van der Waals surface area contributed by atoms with Crippen LogP contribution in [0.5, 0.6) is 5.75 Å². The van der Waals surface area contributed by atoms with E-state index in [1.165, 1.54) is 0 Å². The summed E-state index contributed by atoms with van der Waals surface area (Å²) in [6, 6.07) is 17.5. The molecule has 4 rings (SSSR count). The highest BCUT2D eigenvalue weighted by molar-refractivity contribution is 5.98. The normalized spacial score (nSPS) is 15.7. The number of amides is 2. The van der Waals surface area contributed by atoms with Gasteiger partial charge in [-0.25, -0.2) is 0 Å². The van der Waals surface area contributed by atoms with Crippen molar-refractivity contribution in [3.8, 4) is 5.75 Å². The van der Waals surface area contributed by atoms with E-state index >= 15 is 0 Å². The van der Waals surface area contributed by atoms with Gasteiger partial charge in [-0.2, -0.15) is 0 Å². The van der Waals surface area contributed by atoms with Crippen molar-refractivity contribution < 1.29 is 14.3 Å². The van der Waals surface area contributed by atoms with Gasteiger partial charge in [0.15, 0.2) is 6.10 Å². The lowest BCUT2D eigenvalue weighted by atomic mass is 10.1. The smallest absolute Gasteiger partial charge is 0.262 e. The minimum Gasteiger partial charge on any atom is -0.477 e. The van der Waals surface area contributed by atoms with E-state index in [-0.39, 0.29) is 24.9 Å². The maximum Gasteiger partial charge on any atom is 0.262 e. The number of hydrogen-bond acceptors (Lipinski definition) is 3. The topological polar surface area (TPSA) is 63.6 Å². The molecule has 150 valence electrons. The maximum absolute atomic E-state index is 13.3. The van der Waals surface area contributed by atoms with Crippen LogP contribution in [0.1, 0.15) is 19.0 Å². The van der Waals surface area contributed by atoms with Gasteiger partial charge in [0.2, 0.25) is 5.91 Å². The third kappa shape index (κ3) is 3.70. The molecule has 1 aliphatic heterocycles. The van der Waals surface area contributed by atoms with Crippen molar-refractivity contribution in [1.82, 2.24) is 9.88 Å². The van der Waals surface area contributed by atoms with Crippen molar-refractivity contribution in [2.75, 3.05) is 18.0 Å². The molecule has 1 atom stereocenters. The van der Waals surface area contributed by atoms with Gasteiger partial charge in [0.25, 0.3) is 5.91 Å². The predicted molar refractivity (Wildman–Crippen MR) is 113 cm³/mol. The van der Waals surface area contributed by atoms with Crippen molar-refractivity contribution >= 4 is 28.4 Å².